The molecule has 2 saturated carbocycles. The van der Waals surface area contributed by atoms with E-state index < -0.39 is 120 Å². The molecule has 0 bridgehead atoms. The van der Waals surface area contributed by atoms with Crippen LogP contribution in [0.5, 0.6) is 11.5 Å². The number of sulfonamides is 2. The molecule has 10 rings (SSSR count). The number of aromatic hydroxyl groups is 2. The van der Waals surface area contributed by atoms with Gasteiger partial charge in [0.25, 0.3) is 0 Å². The van der Waals surface area contributed by atoms with Crippen LogP contribution in [0, 0.1) is 60.0 Å². The molecule has 4 fully saturated rings. The van der Waals surface area contributed by atoms with Crippen molar-refractivity contribution < 1.29 is 60.4 Å². The number of hydrogen-bond acceptors (Lipinski definition) is 13. The monoisotopic (exact) mass is 1190 g/mol. The average molecular weight is 1190 g/mol. The van der Waals surface area contributed by atoms with E-state index in [0.717, 1.165) is 12.5 Å². The summed E-state index contributed by atoms with van der Waals surface area (Å²) in [5.41, 5.74) is -4.10. The number of ketones is 3. The Balaban J connectivity index is 1.42. The summed E-state index contributed by atoms with van der Waals surface area (Å²) in [6, 6.07) is 17.7. The van der Waals surface area contributed by atoms with Crippen molar-refractivity contribution in [2.75, 3.05) is 38.7 Å². The minimum atomic E-state index is -4.11. The van der Waals surface area contributed by atoms with Crippen molar-refractivity contribution in [3.05, 3.63) is 164 Å². The third-order valence-corrected chi connectivity index (χ3v) is 20.5. The van der Waals surface area contributed by atoms with Gasteiger partial charge in [0.1, 0.15) is 34.7 Å². The van der Waals surface area contributed by atoms with E-state index in [9.17, 15) is 37.3 Å². The minimum absolute atomic E-state index is 0.0384. The van der Waals surface area contributed by atoms with Gasteiger partial charge in [-0.05, 0) is 185 Å². The fraction of sp³-hybridized carbons (Fsp3) is 0.462. The lowest BCUT2D eigenvalue weighted by molar-refractivity contribution is -0.145. The van der Waals surface area contributed by atoms with Crippen LogP contribution in [0.1, 0.15) is 133 Å². The van der Waals surface area contributed by atoms with E-state index in [0.29, 0.717) is 64.5 Å². The van der Waals surface area contributed by atoms with E-state index in [2.05, 4.69) is 20.1 Å². The van der Waals surface area contributed by atoms with Crippen LogP contribution in [-0.4, -0.2) is 105 Å². The van der Waals surface area contributed by atoms with Crippen LogP contribution < -0.4 is 20.1 Å². The lowest BCUT2D eigenvalue weighted by Crippen LogP contribution is -2.64. The van der Waals surface area contributed by atoms with Crippen LogP contribution in [-0.2, 0) is 24.8 Å². The number of halogens is 2. The second kappa shape index (κ2) is 24.2. The Morgan fingerprint density at radius 3 is 1.27 bits per heavy atom. The molecule has 8 N–H and O–H groups in total. The van der Waals surface area contributed by atoms with Gasteiger partial charge in [-0.1, -0.05) is 74.2 Å². The zero-order valence-corrected chi connectivity index (χ0v) is 49.6. The maximum atomic E-state index is 19.1. The summed E-state index contributed by atoms with van der Waals surface area (Å²) in [4.78, 5) is 51.3. The number of benzene rings is 4. The van der Waals surface area contributed by atoms with Gasteiger partial charge in [0.2, 0.25) is 20.0 Å². The summed E-state index contributed by atoms with van der Waals surface area (Å²) in [7, 11) is -8.22. The Morgan fingerprint density at radius 1 is 0.536 bits per heavy atom. The second-order valence-corrected chi connectivity index (χ2v) is 27.9. The summed E-state index contributed by atoms with van der Waals surface area (Å²) in [5, 5.41) is 57.2. The molecule has 0 aromatic heterocycles. The van der Waals surface area contributed by atoms with Gasteiger partial charge in [-0.2, -0.15) is 0 Å². The molecule has 448 valence electrons. The fourth-order valence-corrected chi connectivity index (χ4v) is 17.3. The number of aliphatic hydroxyl groups excluding tert-OH is 2. The number of nitrogens with one attached hydrogen (secondary N) is 4. The molecule has 4 unspecified atom stereocenters. The first-order valence-corrected chi connectivity index (χ1v) is 33.2. The molecule has 4 aliphatic carbocycles. The molecule has 4 aromatic rings. The van der Waals surface area contributed by atoms with Gasteiger partial charge in [-0.15, -0.1) is 0 Å². The molecule has 4 aromatic carbocycles. The number of phenolic OH excluding ortho intramolecular Hbond substituents is 2. The SMILES string of the molecule is Cc1c(F)cccc1C1=C(C(=O)c2cccc(O)c2)CC(C(=O)C2([C@@H]3CCCC[C@H]3NS(C)(=O)=O)CC(C(=O)c3cccc(O)c3)=C(c3cccc(F)c3C)C(O)=C2C2CCCNC2)([C@@H]2CCCC[C@H]2NS(C)(=O)=O)C(C2CCCNC2)=C1O. The predicted molar refractivity (Wildman–Crippen MR) is 318 cm³/mol. The van der Waals surface area contributed by atoms with Crippen molar-refractivity contribution in [3.63, 3.8) is 0 Å². The number of aliphatic hydroxyl groups is 2. The highest BCUT2D eigenvalue weighted by atomic mass is 32.2. The molecule has 6 aliphatic rings. The van der Waals surface area contributed by atoms with Gasteiger partial charge in [0.05, 0.1) is 23.3 Å². The largest absolute Gasteiger partial charge is 0.508 e. The van der Waals surface area contributed by atoms with Crippen molar-refractivity contribution in [1.29, 1.82) is 0 Å². The van der Waals surface area contributed by atoms with E-state index >= 15 is 23.2 Å². The smallest absolute Gasteiger partial charge is 0.208 e. The number of rotatable bonds is 16. The van der Waals surface area contributed by atoms with Crippen molar-refractivity contribution in [2.45, 2.75) is 116 Å². The summed E-state index contributed by atoms with van der Waals surface area (Å²) in [6.07, 6.45) is 5.45. The molecule has 2 aliphatic heterocycles. The molecular formula is C65H76F2N4O11S2. The molecule has 19 heteroatoms. The zero-order chi connectivity index (χ0) is 60.0. The van der Waals surface area contributed by atoms with E-state index in [1.807, 2.05) is 0 Å². The number of carbonyl (C=O) groups excluding carboxylic acids is 3. The van der Waals surface area contributed by atoms with Crippen molar-refractivity contribution in [1.82, 2.24) is 20.1 Å². The number of phenols is 2. The number of carbonyl (C=O) groups is 3. The number of allylic oxidation sites excluding steroid dienone is 4. The lowest BCUT2D eigenvalue weighted by atomic mass is 9.43. The van der Waals surface area contributed by atoms with Gasteiger partial charge in [0, 0.05) is 58.6 Å². The zero-order valence-electron chi connectivity index (χ0n) is 48.0. The Bertz CT molecular complexity index is 3420. The summed E-state index contributed by atoms with van der Waals surface area (Å²) >= 11 is 0. The minimum Gasteiger partial charge on any atom is -0.508 e. The molecular weight excluding hydrogens is 1110 g/mol. The van der Waals surface area contributed by atoms with Crippen LogP contribution in [0.3, 0.4) is 0 Å². The Morgan fingerprint density at radius 2 is 0.917 bits per heavy atom. The van der Waals surface area contributed by atoms with Crippen LogP contribution in [0.15, 0.2) is 119 Å². The maximum absolute atomic E-state index is 19.1. The maximum Gasteiger partial charge on any atom is 0.208 e. The topological polar surface area (TPSA) is 249 Å². The second-order valence-electron chi connectivity index (χ2n) is 24.3. The third-order valence-electron chi connectivity index (χ3n) is 19.0. The molecule has 2 heterocycles. The summed E-state index contributed by atoms with van der Waals surface area (Å²) < 4.78 is 94.1. The Kier molecular flexibility index (Phi) is 17.5. The van der Waals surface area contributed by atoms with Crippen LogP contribution in [0.25, 0.3) is 11.1 Å². The first kappa shape index (κ1) is 60.8. The lowest BCUT2D eigenvalue weighted by Gasteiger charge is -2.59. The third kappa shape index (κ3) is 11.5. The van der Waals surface area contributed by atoms with E-state index in [1.54, 1.807) is 12.1 Å². The number of piperidine rings is 2. The first-order chi connectivity index (χ1) is 40.0. The molecule has 15 nitrogen and oxygen atoms in total. The van der Waals surface area contributed by atoms with Gasteiger partial charge >= 0.3 is 0 Å². The number of Topliss-reactive ketones (excluding diaryl/α,β-unsaturated/α-hetero) is 3. The predicted octanol–water partition coefficient (Wildman–Crippen LogP) is 10.2. The van der Waals surface area contributed by atoms with E-state index in [4.69, 9.17) is 0 Å². The first-order valence-electron chi connectivity index (χ1n) is 29.4. The van der Waals surface area contributed by atoms with Gasteiger partial charge < -0.3 is 31.1 Å². The quantitative estimate of drug-likeness (QED) is 0.0487. The number of hydrogen-bond donors (Lipinski definition) is 8. The normalized spacial score (nSPS) is 27.5. The molecule has 0 radical (unpaired) electrons. The van der Waals surface area contributed by atoms with Crippen LogP contribution >= 0.6 is 0 Å². The molecule has 0 spiro atoms. The Hall–Kier alpha value is -6.35. The van der Waals surface area contributed by atoms with Gasteiger partial charge in [-0.3, -0.25) is 14.4 Å². The summed E-state index contributed by atoms with van der Waals surface area (Å²) in [6.45, 7) is 4.55. The van der Waals surface area contributed by atoms with E-state index in [1.165, 1.54) is 86.6 Å². The molecule has 0 amide bonds. The molecule has 84 heavy (non-hydrogen) atoms. The Labute approximate surface area is 490 Å². The standard InChI is InChI=1S/C65H76F2N4O11S2/c1-37-45(21-11-25-51(37)66)55-47(59(74)39-15-9-19-43(72)31-39)33-64(57(61(55)76)41-17-13-29-68-35-41,49-23-5-7-27-53(49)70-83(3,79)80)63(78)65(50-24-6-8-28-54(50)71-84(4,81)82)34-48(60(75)40-16-10-20-44(73)32-40)56(46-22-12-26-52(67)38(46)2)62(77)58(65)42-18-14-30-69-36-42/h9-12,15-16,19-22,25-26,31-32,41-42,49-50,53-54,68-73,76-77H,5-8,13-14,17-18,23-24,27-30,33-36H2,1-4H3/t41?,42?,49-,50-,53-,54-,64?,65?/m1/s1. The average Bonchev–Trinajstić information content (AvgIpc) is 0.697. The highest BCUT2D eigenvalue weighted by molar-refractivity contribution is 7.89. The molecule has 8 atom stereocenters. The fourth-order valence-electron chi connectivity index (χ4n) is 15.7. The van der Waals surface area contributed by atoms with Crippen molar-refractivity contribution in [3.8, 4) is 11.5 Å². The van der Waals surface area contributed by atoms with Crippen molar-refractivity contribution >= 4 is 48.5 Å². The molecule has 2 saturated heterocycles. The van der Waals surface area contributed by atoms with Crippen molar-refractivity contribution in [2.24, 2.45) is 34.5 Å². The summed E-state index contributed by atoms with van der Waals surface area (Å²) in [5.74, 6) is -8.64. The van der Waals surface area contributed by atoms with Crippen LogP contribution in [0.2, 0.25) is 0 Å². The van der Waals surface area contributed by atoms with Gasteiger partial charge in [-0.25, -0.2) is 35.1 Å². The van der Waals surface area contributed by atoms with E-state index in [-0.39, 0.29) is 117 Å². The van der Waals surface area contributed by atoms with Crippen LogP contribution in [0.4, 0.5) is 8.78 Å². The highest BCUT2D eigenvalue weighted by Crippen LogP contribution is 2.66. The highest BCUT2D eigenvalue weighted by Gasteiger charge is 2.67. The van der Waals surface area contributed by atoms with Gasteiger partial charge in [0.15, 0.2) is 17.3 Å².